The van der Waals surface area contributed by atoms with Gasteiger partial charge in [-0.15, -0.1) is 11.3 Å². The maximum atomic E-state index is 6.35. The van der Waals surface area contributed by atoms with E-state index in [1.807, 2.05) is 23.5 Å². The van der Waals surface area contributed by atoms with Crippen molar-refractivity contribution in [1.82, 2.24) is 5.32 Å². The number of halogens is 2. The molecule has 1 aromatic carbocycles. The topological polar surface area (TPSA) is 12.0 Å². The van der Waals surface area contributed by atoms with Crippen molar-refractivity contribution in [3.05, 3.63) is 55.2 Å². The van der Waals surface area contributed by atoms with Crippen molar-refractivity contribution in [3.63, 3.8) is 0 Å². The third-order valence-electron chi connectivity index (χ3n) is 3.02. The second-order valence-electron chi connectivity index (χ2n) is 4.56. The van der Waals surface area contributed by atoms with Crippen molar-refractivity contribution in [2.24, 2.45) is 0 Å². The SMILES string of the molecule is CCNC(c1ccc(Cl)cc1Cl)c1sc(C)cc1C. The van der Waals surface area contributed by atoms with Crippen molar-refractivity contribution in [1.29, 1.82) is 0 Å². The van der Waals surface area contributed by atoms with Crippen LogP contribution in [-0.2, 0) is 0 Å². The number of thiophene rings is 1. The van der Waals surface area contributed by atoms with E-state index in [4.69, 9.17) is 23.2 Å². The molecule has 1 nitrogen and oxygen atoms in total. The van der Waals surface area contributed by atoms with Crippen LogP contribution in [0.2, 0.25) is 10.0 Å². The molecule has 1 heterocycles. The van der Waals surface area contributed by atoms with E-state index < -0.39 is 0 Å². The first kappa shape index (κ1) is 14.9. The molecule has 0 saturated carbocycles. The number of aryl methyl sites for hydroxylation is 2. The molecule has 0 aliphatic carbocycles. The molecule has 1 aromatic heterocycles. The number of nitrogens with one attached hydrogen (secondary N) is 1. The first-order valence-electron chi connectivity index (χ1n) is 6.28. The lowest BCUT2D eigenvalue weighted by atomic mass is 10.0. The Morgan fingerprint density at radius 3 is 2.47 bits per heavy atom. The Hall–Kier alpha value is -0.540. The second kappa shape index (κ2) is 6.27. The van der Waals surface area contributed by atoms with Gasteiger partial charge in [-0.3, -0.25) is 0 Å². The van der Waals surface area contributed by atoms with E-state index in [0.29, 0.717) is 10.0 Å². The van der Waals surface area contributed by atoms with Gasteiger partial charge in [0.2, 0.25) is 0 Å². The monoisotopic (exact) mass is 313 g/mol. The summed E-state index contributed by atoms with van der Waals surface area (Å²) in [6.07, 6.45) is 0. The normalized spacial score (nSPS) is 12.7. The minimum absolute atomic E-state index is 0.133. The Bertz CT molecular complexity index is 578. The fourth-order valence-electron chi connectivity index (χ4n) is 2.23. The predicted octanol–water partition coefficient (Wildman–Crippen LogP) is 5.37. The van der Waals surface area contributed by atoms with Gasteiger partial charge in [-0.25, -0.2) is 0 Å². The van der Waals surface area contributed by atoms with Crippen LogP contribution in [0, 0.1) is 13.8 Å². The maximum absolute atomic E-state index is 6.35. The van der Waals surface area contributed by atoms with Crippen molar-refractivity contribution in [2.45, 2.75) is 26.8 Å². The average Bonchev–Trinajstić information content (AvgIpc) is 2.66. The first-order valence-corrected chi connectivity index (χ1v) is 7.85. The fourth-order valence-corrected chi connectivity index (χ4v) is 3.88. The van der Waals surface area contributed by atoms with Gasteiger partial charge in [0, 0.05) is 19.8 Å². The molecule has 19 heavy (non-hydrogen) atoms. The molecule has 4 heteroatoms. The van der Waals surface area contributed by atoms with Crippen LogP contribution in [0.3, 0.4) is 0 Å². The van der Waals surface area contributed by atoms with Crippen LogP contribution in [-0.4, -0.2) is 6.54 Å². The van der Waals surface area contributed by atoms with Crippen molar-refractivity contribution in [2.75, 3.05) is 6.54 Å². The van der Waals surface area contributed by atoms with E-state index in [1.54, 1.807) is 6.07 Å². The molecule has 1 unspecified atom stereocenters. The molecule has 0 spiro atoms. The summed E-state index contributed by atoms with van der Waals surface area (Å²) in [6, 6.07) is 8.05. The van der Waals surface area contributed by atoms with Gasteiger partial charge in [-0.1, -0.05) is 36.2 Å². The zero-order chi connectivity index (χ0) is 14.0. The lowest BCUT2D eigenvalue weighted by Gasteiger charge is -2.19. The molecule has 2 aromatic rings. The predicted molar refractivity (Wildman–Crippen MR) is 85.8 cm³/mol. The van der Waals surface area contributed by atoms with Gasteiger partial charge in [0.15, 0.2) is 0 Å². The van der Waals surface area contributed by atoms with Crippen LogP contribution in [0.4, 0.5) is 0 Å². The van der Waals surface area contributed by atoms with E-state index in [2.05, 4.69) is 32.2 Å². The summed E-state index contributed by atoms with van der Waals surface area (Å²) in [5.74, 6) is 0. The maximum Gasteiger partial charge on any atom is 0.0688 e. The molecule has 0 saturated heterocycles. The molecule has 0 aliphatic heterocycles. The number of benzene rings is 1. The van der Waals surface area contributed by atoms with Crippen molar-refractivity contribution >= 4 is 34.5 Å². The molecule has 1 atom stereocenters. The van der Waals surface area contributed by atoms with E-state index in [9.17, 15) is 0 Å². The van der Waals surface area contributed by atoms with Gasteiger partial charge < -0.3 is 5.32 Å². The molecule has 0 amide bonds. The van der Waals surface area contributed by atoms with E-state index in [1.165, 1.54) is 15.3 Å². The Labute approximate surface area is 128 Å². The van der Waals surface area contributed by atoms with E-state index in [-0.39, 0.29) is 6.04 Å². The Balaban J connectivity index is 2.48. The van der Waals surface area contributed by atoms with E-state index >= 15 is 0 Å². The van der Waals surface area contributed by atoms with Gasteiger partial charge in [-0.05, 0) is 49.7 Å². The van der Waals surface area contributed by atoms with Crippen LogP contribution in [0.15, 0.2) is 24.3 Å². The lowest BCUT2D eigenvalue weighted by molar-refractivity contribution is 0.637. The number of hydrogen-bond acceptors (Lipinski definition) is 2. The van der Waals surface area contributed by atoms with Gasteiger partial charge in [0.25, 0.3) is 0 Å². The zero-order valence-corrected chi connectivity index (χ0v) is 13.6. The molecule has 1 N–H and O–H groups in total. The number of hydrogen-bond donors (Lipinski definition) is 1. The van der Waals surface area contributed by atoms with Crippen LogP contribution >= 0.6 is 34.5 Å². The minimum Gasteiger partial charge on any atom is -0.306 e. The van der Waals surface area contributed by atoms with Gasteiger partial charge >= 0.3 is 0 Å². The third-order valence-corrected chi connectivity index (χ3v) is 4.80. The number of rotatable bonds is 4. The largest absolute Gasteiger partial charge is 0.306 e. The average molecular weight is 314 g/mol. The smallest absolute Gasteiger partial charge is 0.0688 e. The summed E-state index contributed by atoms with van der Waals surface area (Å²) in [4.78, 5) is 2.64. The molecular weight excluding hydrogens is 297 g/mol. The van der Waals surface area contributed by atoms with Crippen molar-refractivity contribution < 1.29 is 0 Å². The van der Waals surface area contributed by atoms with Crippen LogP contribution in [0.5, 0.6) is 0 Å². The highest BCUT2D eigenvalue weighted by Crippen LogP contribution is 2.35. The van der Waals surface area contributed by atoms with E-state index in [0.717, 1.165) is 12.1 Å². The fraction of sp³-hybridized carbons (Fsp3) is 0.333. The highest BCUT2D eigenvalue weighted by atomic mass is 35.5. The summed E-state index contributed by atoms with van der Waals surface area (Å²) in [5.41, 5.74) is 2.39. The van der Waals surface area contributed by atoms with Gasteiger partial charge in [-0.2, -0.15) is 0 Å². The molecular formula is C15H17Cl2NS. The summed E-state index contributed by atoms with van der Waals surface area (Å²) in [7, 11) is 0. The minimum atomic E-state index is 0.133. The standard InChI is InChI=1S/C15H17Cl2NS/c1-4-18-14(15-9(2)7-10(3)19-15)12-6-5-11(16)8-13(12)17/h5-8,14,18H,4H2,1-3H3. The van der Waals surface area contributed by atoms with Crippen LogP contribution < -0.4 is 5.32 Å². The molecule has 2 rings (SSSR count). The molecule has 0 radical (unpaired) electrons. The Morgan fingerprint density at radius 1 is 1.21 bits per heavy atom. The molecule has 102 valence electrons. The Kier molecular flexibility index (Phi) is 4.91. The molecule has 0 bridgehead atoms. The van der Waals surface area contributed by atoms with Crippen LogP contribution in [0.25, 0.3) is 0 Å². The summed E-state index contributed by atoms with van der Waals surface area (Å²) in [5, 5.41) is 4.89. The van der Waals surface area contributed by atoms with Gasteiger partial charge in [0.1, 0.15) is 0 Å². The summed E-state index contributed by atoms with van der Waals surface area (Å²) >= 11 is 14.1. The van der Waals surface area contributed by atoms with Crippen molar-refractivity contribution in [3.8, 4) is 0 Å². The quantitative estimate of drug-likeness (QED) is 0.800. The summed E-state index contributed by atoms with van der Waals surface area (Å²) < 4.78 is 0. The first-order chi connectivity index (χ1) is 9.02. The zero-order valence-electron chi connectivity index (χ0n) is 11.3. The van der Waals surface area contributed by atoms with Crippen LogP contribution in [0.1, 0.15) is 33.8 Å². The highest BCUT2D eigenvalue weighted by molar-refractivity contribution is 7.12. The lowest BCUT2D eigenvalue weighted by Crippen LogP contribution is -2.22. The summed E-state index contributed by atoms with van der Waals surface area (Å²) in [6.45, 7) is 7.27. The Morgan fingerprint density at radius 2 is 1.95 bits per heavy atom. The second-order valence-corrected chi connectivity index (χ2v) is 6.69. The molecule has 0 fully saturated rings. The third kappa shape index (κ3) is 3.32. The molecule has 0 aliphatic rings. The van der Waals surface area contributed by atoms with Gasteiger partial charge in [0.05, 0.1) is 6.04 Å². The highest BCUT2D eigenvalue weighted by Gasteiger charge is 2.20.